The topological polar surface area (TPSA) is 64.7 Å². The highest BCUT2D eigenvalue weighted by atomic mass is 35.5. The van der Waals surface area contributed by atoms with E-state index in [2.05, 4.69) is 44.4 Å². The lowest BCUT2D eigenvalue weighted by molar-refractivity contribution is 0.0942. The fourth-order valence-electron chi connectivity index (χ4n) is 3.20. The molecule has 0 saturated heterocycles. The quantitative estimate of drug-likeness (QED) is 0.503. The number of nitrogens with one attached hydrogen (secondary N) is 1. The largest absolute Gasteiger partial charge is 0.349 e. The van der Waals surface area contributed by atoms with Crippen molar-refractivity contribution in [2.24, 2.45) is 0 Å². The summed E-state index contributed by atoms with van der Waals surface area (Å²) in [5, 5.41) is 8.98. The number of amides is 1. The number of halogens is 1. The predicted molar refractivity (Wildman–Crippen MR) is 110 cm³/mol. The summed E-state index contributed by atoms with van der Waals surface area (Å²) in [5.74, 6) is 0.465. The monoisotopic (exact) mass is 393 g/mol. The van der Waals surface area contributed by atoms with Gasteiger partial charge in [0.25, 0.3) is 5.91 Å². The normalized spacial score (nSPS) is 11.1. The molecule has 1 amide bonds. The lowest BCUT2D eigenvalue weighted by atomic mass is 10.2. The number of fused-ring (bicyclic) bond motifs is 1. The summed E-state index contributed by atoms with van der Waals surface area (Å²) in [7, 11) is 0. The van der Waals surface area contributed by atoms with E-state index >= 15 is 0 Å². The average molecular weight is 394 g/mol. The van der Waals surface area contributed by atoms with Gasteiger partial charge in [-0.3, -0.25) is 4.79 Å². The lowest BCUT2D eigenvalue weighted by Gasteiger charge is -2.06. The average Bonchev–Trinajstić information content (AvgIpc) is 3.29. The molecule has 0 saturated carbocycles. The lowest BCUT2D eigenvalue weighted by Crippen LogP contribution is -2.26. The second-order valence-corrected chi connectivity index (χ2v) is 6.93. The van der Waals surface area contributed by atoms with Crippen molar-refractivity contribution in [1.29, 1.82) is 0 Å². The minimum Gasteiger partial charge on any atom is -0.349 e. The number of carbonyl (C=O) groups excluding carboxylic acids is 1. The molecule has 142 valence electrons. The van der Waals surface area contributed by atoms with Crippen LogP contribution in [-0.4, -0.2) is 31.8 Å². The summed E-state index contributed by atoms with van der Waals surface area (Å²) >= 11 is 6.22. The summed E-state index contributed by atoms with van der Waals surface area (Å²) in [6.07, 6.45) is 2.89. The van der Waals surface area contributed by atoms with Crippen molar-refractivity contribution in [3.05, 3.63) is 77.5 Å². The van der Waals surface area contributed by atoms with Gasteiger partial charge in [0.15, 0.2) is 0 Å². The molecule has 2 aromatic carbocycles. The highest BCUT2D eigenvalue weighted by Crippen LogP contribution is 2.20. The van der Waals surface area contributed by atoms with Crippen molar-refractivity contribution in [3.63, 3.8) is 0 Å². The van der Waals surface area contributed by atoms with Gasteiger partial charge in [-0.05, 0) is 43.0 Å². The van der Waals surface area contributed by atoms with Gasteiger partial charge < -0.3 is 9.88 Å². The van der Waals surface area contributed by atoms with Gasteiger partial charge in [0.05, 0.1) is 10.7 Å². The third-order valence-electron chi connectivity index (χ3n) is 4.59. The van der Waals surface area contributed by atoms with Gasteiger partial charge in [0.2, 0.25) is 5.82 Å². The fraction of sp³-hybridized carbons (Fsp3) is 0.190. The summed E-state index contributed by atoms with van der Waals surface area (Å²) < 4.78 is 3.78. The third-order valence-corrected chi connectivity index (χ3v) is 4.91. The van der Waals surface area contributed by atoms with Gasteiger partial charge in [-0.1, -0.05) is 41.9 Å². The predicted octanol–water partition coefficient (Wildman–Crippen LogP) is 4.00. The SMILES string of the molecule is Cc1nc(C(=O)NCCCn2ccc3ccccc32)nn1-c1ccccc1Cl. The van der Waals surface area contributed by atoms with Gasteiger partial charge in [-0.25, -0.2) is 9.67 Å². The molecule has 2 heterocycles. The van der Waals surface area contributed by atoms with E-state index in [0.717, 1.165) is 13.0 Å². The molecule has 0 bridgehead atoms. The van der Waals surface area contributed by atoms with E-state index in [0.29, 0.717) is 23.1 Å². The van der Waals surface area contributed by atoms with Crippen molar-refractivity contribution < 1.29 is 4.79 Å². The molecule has 0 aliphatic heterocycles. The first-order valence-corrected chi connectivity index (χ1v) is 9.52. The van der Waals surface area contributed by atoms with Gasteiger partial charge in [-0.15, -0.1) is 5.10 Å². The maximum absolute atomic E-state index is 12.4. The molecule has 0 aliphatic rings. The van der Waals surface area contributed by atoms with Crippen molar-refractivity contribution in [2.45, 2.75) is 19.9 Å². The first-order chi connectivity index (χ1) is 13.6. The Labute approximate surface area is 167 Å². The van der Waals surface area contributed by atoms with Crippen molar-refractivity contribution >= 4 is 28.4 Å². The van der Waals surface area contributed by atoms with Crippen LogP contribution in [0.1, 0.15) is 22.9 Å². The van der Waals surface area contributed by atoms with E-state index in [-0.39, 0.29) is 11.7 Å². The summed E-state index contributed by atoms with van der Waals surface area (Å²) in [5.41, 5.74) is 1.90. The Hall–Kier alpha value is -3.12. The molecule has 4 aromatic rings. The molecule has 6 nitrogen and oxygen atoms in total. The van der Waals surface area contributed by atoms with E-state index in [1.807, 2.05) is 30.3 Å². The number of rotatable bonds is 6. The maximum atomic E-state index is 12.4. The van der Waals surface area contributed by atoms with Crippen molar-refractivity contribution in [1.82, 2.24) is 24.6 Å². The van der Waals surface area contributed by atoms with Crippen LogP contribution in [0.4, 0.5) is 0 Å². The van der Waals surface area contributed by atoms with Crippen LogP contribution >= 0.6 is 11.6 Å². The number of aromatic nitrogens is 4. The molecule has 4 rings (SSSR count). The van der Waals surface area contributed by atoms with E-state index in [1.165, 1.54) is 10.9 Å². The first-order valence-electron chi connectivity index (χ1n) is 9.14. The number of hydrogen-bond donors (Lipinski definition) is 1. The van der Waals surface area contributed by atoms with Crippen LogP contribution in [0.15, 0.2) is 60.8 Å². The zero-order chi connectivity index (χ0) is 19.5. The highest BCUT2D eigenvalue weighted by Gasteiger charge is 2.16. The fourth-order valence-corrected chi connectivity index (χ4v) is 3.42. The molecule has 0 atom stereocenters. The van der Waals surface area contributed by atoms with Gasteiger partial charge >= 0.3 is 0 Å². The zero-order valence-electron chi connectivity index (χ0n) is 15.5. The molecule has 7 heteroatoms. The molecule has 0 radical (unpaired) electrons. The minimum absolute atomic E-state index is 0.142. The number of hydrogen-bond acceptors (Lipinski definition) is 3. The third kappa shape index (κ3) is 3.64. The highest BCUT2D eigenvalue weighted by molar-refractivity contribution is 6.32. The number of para-hydroxylation sites is 2. The first kappa shape index (κ1) is 18.3. The summed E-state index contributed by atoms with van der Waals surface area (Å²) in [6, 6.07) is 17.7. The van der Waals surface area contributed by atoms with Gasteiger partial charge in [0.1, 0.15) is 5.82 Å². The Bertz CT molecular complexity index is 1130. The van der Waals surface area contributed by atoms with E-state index in [9.17, 15) is 4.79 Å². The van der Waals surface area contributed by atoms with Crippen LogP contribution in [0.3, 0.4) is 0 Å². The maximum Gasteiger partial charge on any atom is 0.290 e. The molecule has 2 aromatic heterocycles. The van der Waals surface area contributed by atoms with Crippen molar-refractivity contribution in [3.8, 4) is 5.69 Å². The summed E-state index contributed by atoms with van der Waals surface area (Å²) in [6.45, 7) is 3.17. The Morgan fingerprint density at radius 3 is 2.75 bits per heavy atom. The molecular formula is C21H20ClN5O. The standard InChI is InChI=1S/C21H20ClN5O/c1-15-24-20(25-27(15)19-10-5-3-8-17(19)22)21(28)23-12-6-13-26-14-11-16-7-2-4-9-18(16)26/h2-5,7-11,14H,6,12-13H2,1H3,(H,23,28). The molecule has 1 N–H and O–H groups in total. The van der Waals surface area contributed by atoms with E-state index < -0.39 is 0 Å². The Balaban J connectivity index is 1.37. The zero-order valence-corrected chi connectivity index (χ0v) is 16.2. The second-order valence-electron chi connectivity index (χ2n) is 6.52. The van der Waals surface area contributed by atoms with E-state index in [4.69, 9.17) is 11.6 Å². The molecule has 28 heavy (non-hydrogen) atoms. The molecule has 0 aliphatic carbocycles. The Kier molecular flexibility index (Phi) is 5.12. The van der Waals surface area contributed by atoms with Crippen molar-refractivity contribution in [2.75, 3.05) is 6.54 Å². The number of benzene rings is 2. The van der Waals surface area contributed by atoms with E-state index in [1.54, 1.807) is 17.7 Å². The van der Waals surface area contributed by atoms with Gasteiger partial charge in [0, 0.05) is 24.8 Å². The molecular weight excluding hydrogens is 374 g/mol. The summed E-state index contributed by atoms with van der Waals surface area (Å²) in [4.78, 5) is 16.7. The smallest absolute Gasteiger partial charge is 0.290 e. The second kappa shape index (κ2) is 7.86. The number of nitrogens with zero attached hydrogens (tertiary/aromatic N) is 4. The number of aryl methyl sites for hydroxylation is 2. The van der Waals surface area contributed by atoms with Crippen LogP contribution in [0.25, 0.3) is 16.6 Å². The number of carbonyl (C=O) groups is 1. The van der Waals surface area contributed by atoms with Crippen LogP contribution in [-0.2, 0) is 6.54 Å². The minimum atomic E-state index is -0.286. The Morgan fingerprint density at radius 1 is 1.11 bits per heavy atom. The Morgan fingerprint density at radius 2 is 1.89 bits per heavy atom. The molecule has 0 spiro atoms. The van der Waals surface area contributed by atoms with Gasteiger partial charge in [-0.2, -0.15) is 0 Å². The molecule has 0 unspecified atom stereocenters. The molecule has 0 fully saturated rings. The van der Waals surface area contributed by atoms with Crippen LogP contribution < -0.4 is 5.32 Å². The van der Waals surface area contributed by atoms with Crippen LogP contribution in [0, 0.1) is 6.92 Å². The van der Waals surface area contributed by atoms with Crippen LogP contribution in [0.2, 0.25) is 5.02 Å². The van der Waals surface area contributed by atoms with Crippen LogP contribution in [0.5, 0.6) is 0 Å².